The molecule has 0 saturated carbocycles. The summed E-state index contributed by atoms with van der Waals surface area (Å²) in [7, 11) is 0. The van der Waals surface area contributed by atoms with Crippen molar-refractivity contribution in [3.05, 3.63) is 58.1 Å². The van der Waals surface area contributed by atoms with Crippen LogP contribution in [0.4, 0.5) is 0 Å². The van der Waals surface area contributed by atoms with Gasteiger partial charge >= 0.3 is 0 Å². The molecule has 0 aliphatic heterocycles. The van der Waals surface area contributed by atoms with E-state index in [4.69, 9.17) is 23.2 Å². The Morgan fingerprint density at radius 1 is 0.741 bits per heavy atom. The Morgan fingerprint density at radius 3 is 1.56 bits per heavy atom. The van der Waals surface area contributed by atoms with Gasteiger partial charge in [0.05, 0.1) is 11.1 Å². The number of carbonyl (C=O) groups is 2. The Labute approximate surface area is 168 Å². The molecule has 2 aromatic rings. The van der Waals surface area contributed by atoms with Gasteiger partial charge in [0.25, 0.3) is 11.8 Å². The zero-order valence-electron chi connectivity index (χ0n) is 14.9. The first kappa shape index (κ1) is 21.1. The Bertz CT molecular complexity index is 707. The van der Waals surface area contributed by atoms with Crippen LogP contribution in [0.15, 0.2) is 36.7 Å². The number of hydrogen-bond acceptors (Lipinski definition) is 4. The highest BCUT2D eigenvalue weighted by Crippen LogP contribution is 2.12. The van der Waals surface area contributed by atoms with Gasteiger partial charge in [0.15, 0.2) is 0 Å². The number of rotatable bonds is 10. The smallest absolute Gasteiger partial charge is 0.254 e. The molecule has 27 heavy (non-hydrogen) atoms. The van der Waals surface area contributed by atoms with Gasteiger partial charge in [-0.1, -0.05) is 42.5 Å². The highest BCUT2D eigenvalue weighted by atomic mass is 35.5. The number of aromatic nitrogens is 2. The van der Waals surface area contributed by atoms with Crippen LogP contribution >= 0.6 is 23.2 Å². The minimum absolute atomic E-state index is 0.204. The number of unbranched alkanes of at least 4 members (excludes halogenated alkanes) is 4. The summed E-state index contributed by atoms with van der Waals surface area (Å²) in [6, 6.07) is 6.67. The predicted molar refractivity (Wildman–Crippen MR) is 106 cm³/mol. The normalized spacial score (nSPS) is 10.4. The number of carbonyl (C=O) groups excluding carboxylic acids is 2. The number of hydrogen-bond donors (Lipinski definition) is 2. The van der Waals surface area contributed by atoms with Crippen LogP contribution in [0.25, 0.3) is 0 Å². The lowest BCUT2D eigenvalue weighted by atomic mass is 10.1. The van der Waals surface area contributed by atoms with Gasteiger partial charge in [-0.05, 0) is 37.1 Å². The maximum Gasteiger partial charge on any atom is 0.254 e. The maximum absolute atomic E-state index is 12.0. The summed E-state index contributed by atoms with van der Waals surface area (Å²) in [5, 5.41) is 6.11. The second-order valence-corrected chi connectivity index (χ2v) is 6.68. The molecule has 2 aromatic heterocycles. The highest BCUT2D eigenvalue weighted by Gasteiger charge is 2.10. The minimum atomic E-state index is -0.204. The molecule has 0 unspecified atom stereocenters. The van der Waals surface area contributed by atoms with Crippen molar-refractivity contribution in [2.45, 2.75) is 32.1 Å². The number of nitrogens with zero attached hydrogens (tertiary/aromatic N) is 2. The monoisotopic (exact) mass is 408 g/mol. The molecular weight excluding hydrogens is 387 g/mol. The molecule has 2 amide bonds. The molecule has 0 radical (unpaired) electrons. The van der Waals surface area contributed by atoms with Crippen LogP contribution < -0.4 is 10.6 Å². The molecule has 0 saturated heterocycles. The summed E-state index contributed by atoms with van der Waals surface area (Å²) < 4.78 is 0. The first-order valence-corrected chi connectivity index (χ1v) is 9.62. The van der Waals surface area contributed by atoms with Crippen LogP contribution in [-0.4, -0.2) is 34.9 Å². The molecule has 0 atom stereocenters. The molecule has 0 fully saturated rings. The maximum atomic E-state index is 12.0. The van der Waals surface area contributed by atoms with Crippen molar-refractivity contribution >= 4 is 35.0 Å². The van der Waals surface area contributed by atoms with Gasteiger partial charge in [0.2, 0.25) is 0 Å². The molecule has 0 spiro atoms. The van der Waals surface area contributed by atoms with Crippen LogP contribution in [0.3, 0.4) is 0 Å². The second kappa shape index (κ2) is 11.5. The molecule has 2 heterocycles. The molecule has 0 aliphatic carbocycles. The Morgan fingerprint density at radius 2 is 1.15 bits per heavy atom. The predicted octanol–water partition coefficient (Wildman–Crippen LogP) is 3.89. The van der Waals surface area contributed by atoms with Crippen LogP contribution in [-0.2, 0) is 0 Å². The second-order valence-electron chi connectivity index (χ2n) is 5.96. The first-order chi connectivity index (χ1) is 13.1. The lowest BCUT2D eigenvalue weighted by molar-refractivity contribution is 0.0945. The van der Waals surface area contributed by atoms with Gasteiger partial charge in [-0.15, -0.1) is 0 Å². The van der Waals surface area contributed by atoms with Crippen molar-refractivity contribution in [3.63, 3.8) is 0 Å². The third kappa shape index (κ3) is 7.15. The van der Waals surface area contributed by atoms with Crippen LogP contribution in [0, 0.1) is 0 Å². The van der Waals surface area contributed by atoms with Gasteiger partial charge in [0, 0.05) is 25.5 Å². The molecule has 0 bridgehead atoms. The summed E-state index contributed by atoms with van der Waals surface area (Å²) in [6.45, 7) is 1.20. The van der Waals surface area contributed by atoms with E-state index < -0.39 is 0 Å². The number of nitrogens with one attached hydrogen (secondary N) is 2. The van der Waals surface area contributed by atoms with Crippen molar-refractivity contribution in [3.8, 4) is 0 Å². The van der Waals surface area contributed by atoms with Crippen molar-refractivity contribution in [1.82, 2.24) is 20.6 Å². The molecule has 144 valence electrons. The van der Waals surface area contributed by atoms with E-state index in [0.717, 1.165) is 32.1 Å². The van der Waals surface area contributed by atoms with Crippen molar-refractivity contribution in [2.75, 3.05) is 13.1 Å². The fourth-order valence-corrected chi connectivity index (χ4v) is 2.90. The van der Waals surface area contributed by atoms with Crippen molar-refractivity contribution in [2.24, 2.45) is 0 Å². The van der Waals surface area contributed by atoms with Gasteiger partial charge in [-0.25, -0.2) is 9.97 Å². The van der Waals surface area contributed by atoms with Crippen LogP contribution in [0.5, 0.6) is 0 Å². The summed E-state index contributed by atoms with van der Waals surface area (Å²) in [4.78, 5) is 31.7. The zero-order valence-corrected chi connectivity index (χ0v) is 16.4. The largest absolute Gasteiger partial charge is 0.352 e. The molecule has 8 heteroatoms. The zero-order chi connectivity index (χ0) is 19.5. The van der Waals surface area contributed by atoms with Gasteiger partial charge in [0.1, 0.15) is 10.3 Å². The van der Waals surface area contributed by atoms with E-state index in [1.807, 2.05) is 0 Å². The van der Waals surface area contributed by atoms with E-state index in [-0.39, 0.29) is 22.1 Å². The SMILES string of the molecule is O=C(NCCCCCCCNC(=O)c1cccnc1Cl)c1cccnc1Cl. The van der Waals surface area contributed by atoms with E-state index in [1.165, 1.54) is 0 Å². The van der Waals surface area contributed by atoms with Crippen LogP contribution in [0.2, 0.25) is 10.3 Å². The van der Waals surface area contributed by atoms with Crippen molar-refractivity contribution < 1.29 is 9.59 Å². The van der Waals surface area contributed by atoms with E-state index >= 15 is 0 Å². The Kier molecular flexibility index (Phi) is 9.01. The lowest BCUT2D eigenvalue weighted by Crippen LogP contribution is -2.25. The Balaban J connectivity index is 1.50. The van der Waals surface area contributed by atoms with E-state index in [1.54, 1.807) is 36.7 Å². The third-order valence-electron chi connectivity index (χ3n) is 3.93. The Hall–Kier alpha value is -2.18. The van der Waals surface area contributed by atoms with E-state index in [0.29, 0.717) is 24.2 Å². The molecule has 0 aromatic carbocycles. The number of halogens is 2. The quantitative estimate of drug-likeness (QED) is 0.461. The summed E-state index contributed by atoms with van der Waals surface area (Å²) in [5.41, 5.74) is 0.784. The van der Waals surface area contributed by atoms with E-state index in [2.05, 4.69) is 20.6 Å². The topological polar surface area (TPSA) is 84.0 Å². The van der Waals surface area contributed by atoms with Gasteiger partial charge in [-0.2, -0.15) is 0 Å². The molecule has 6 nitrogen and oxygen atoms in total. The summed E-state index contributed by atoms with van der Waals surface area (Å²) in [6.07, 6.45) is 7.92. The standard InChI is InChI=1S/C19H22Cl2N4O2/c20-16-14(8-6-12-22-16)18(26)24-10-4-2-1-3-5-11-25-19(27)15-9-7-13-23-17(15)21/h6-9,12-13H,1-5,10-11H2,(H,24,26)(H,25,27). The van der Waals surface area contributed by atoms with Crippen LogP contribution in [0.1, 0.15) is 52.8 Å². The fraction of sp³-hybridized carbons (Fsp3) is 0.368. The fourth-order valence-electron chi connectivity index (χ4n) is 2.49. The van der Waals surface area contributed by atoms with Gasteiger partial charge < -0.3 is 10.6 Å². The average molecular weight is 409 g/mol. The minimum Gasteiger partial charge on any atom is -0.352 e. The van der Waals surface area contributed by atoms with Gasteiger partial charge in [-0.3, -0.25) is 9.59 Å². The molecular formula is C19H22Cl2N4O2. The average Bonchev–Trinajstić information content (AvgIpc) is 2.67. The summed E-state index contributed by atoms with van der Waals surface area (Å²) >= 11 is 11.8. The number of pyridine rings is 2. The molecule has 0 aliphatic rings. The third-order valence-corrected chi connectivity index (χ3v) is 4.53. The van der Waals surface area contributed by atoms with Crippen molar-refractivity contribution in [1.29, 1.82) is 0 Å². The first-order valence-electron chi connectivity index (χ1n) is 8.87. The summed E-state index contributed by atoms with van der Waals surface area (Å²) in [5.74, 6) is -0.408. The number of amides is 2. The lowest BCUT2D eigenvalue weighted by Gasteiger charge is -2.07. The van der Waals surface area contributed by atoms with E-state index in [9.17, 15) is 9.59 Å². The highest BCUT2D eigenvalue weighted by molar-refractivity contribution is 6.33. The molecule has 2 N–H and O–H groups in total. The molecule has 2 rings (SSSR count).